The minimum absolute atomic E-state index is 0.0144. The van der Waals surface area contributed by atoms with Crippen molar-refractivity contribution in [3.05, 3.63) is 59.1 Å². The van der Waals surface area contributed by atoms with E-state index in [1.165, 1.54) is 0 Å². The topological polar surface area (TPSA) is 52.7 Å². The van der Waals surface area contributed by atoms with E-state index in [9.17, 15) is 9.59 Å². The van der Waals surface area contributed by atoms with Crippen LogP contribution < -0.4 is 10.2 Å². The first kappa shape index (κ1) is 21.2. The number of anilines is 2. The van der Waals surface area contributed by atoms with Crippen LogP contribution in [0.4, 0.5) is 11.4 Å². The summed E-state index contributed by atoms with van der Waals surface area (Å²) in [5.41, 5.74) is 2.42. The summed E-state index contributed by atoms with van der Waals surface area (Å²) in [4.78, 5) is 28.9. The highest BCUT2D eigenvalue weighted by Gasteiger charge is 2.24. The summed E-state index contributed by atoms with van der Waals surface area (Å²) in [7, 11) is 0. The number of carbonyl (C=O) groups excluding carboxylic acids is 2. The number of amides is 2. The SMILES string of the molecule is CC(C)(C)CC(=O)N1CCN(c2ccc(NC(=O)c3ccc(Cl)cc3)cc2)CC1. The number of hydrogen-bond acceptors (Lipinski definition) is 3. The number of benzene rings is 2. The molecule has 1 heterocycles. The number of rotatable bonds is 4. The van der Waals surface area contributed by atoms with Crippen LogP contribution in [0.5, 0.6) is 0 Å². The molecule has 5 nitrogen and oxygen atoms in total. The first-order valence-electron chi connectivity index (χ1n) is 9.91. The molecule has 6 heteroatoms. The van der Waals surface area contributed by atoms with Crippen LogP contribution in [0.3, 0.4) is 0 Å². The highest BCUT2D eigenvalue weighted by atomic mass is 35.5. The van der Waals surface area contributed by atoms with E-state index < -0.39 is 0 Å². The third-order valence-electron chi connectivity index (χ3n) is 4.91. The Morgan fingerprint density at radius 1 is 0.931 bits per heavy atom. The Balaban J connectivity index is 1.54. The molecule has 154 valence electrons. The molecule has 2 amide bonds. The van der Waals surface area contributed by atoms with Crippen molar-refractivity contribution in [3.63, 3.8) is 0 Å². The van der Waals surface area contributed by atoms with Crippen LogP contribution >= 0.6 is 11.6 Å². The van der Waals surface area contributed by atoms with Gasteiger partial charge in [0, 0.05) is 54.6 Å². The summed E-state index contributed by atoms with van der Waals surface area (Å²) in [6.07, 6.45) is 0.578. The molecule has 1 saturated heterocycles. The van der Waals surface area contributed by atoms with Crippen LogP contribution in [0.25, 0.3) is 0 Å². The molecular formula is C23H28ClN3O2. The molecule has 0 aromatic heterocycles. The first-order chi connectivity index (χ1) is 13.7. The lowest BCUT2D eigenvalue weighted by atomic mass is 9.91. The van der Waals surface area contributed by atoms with Gasteiger partial charge in [0.05, 0.1) is 0 Å². The van der Waals surface area contributed by atoms with Crippen molar-refractivity contribution < 1.29 is 9.59 Å². The largest absolute Gasteiger partial charge is 0.368 e. The molecule has 1 aliphatic rings. The minimum atomic E-state index is -0.166. The summed E-state index contributed by atoms with van der Waals surface area (Å²) in [6, 6.07) is 14.6. The van der Waals surface area contributed by atoms with Crippen LogP contribution in [0.2, 0.25) is 5.02 Å². The van der Waals surface area contributed by atoms with Crippen molar-refractivity contribution in [2.75, 3.05) is 36.4 Å². The van der Waals surface area contributed by atoms with Gasteiger partial charge in [0.15, 0.2) is 0 Å². The van der Waals surface area contributed by atoms with Crippen LogP contribution in [0, 0.1) is 5.41 Å². The standard InChI is InChI=1S/C23H28ClN3O2/c1-23(2,3)16-21(28)27-14-12-26(13-15-27)20-10-8-19(9-11-20)25-22(29)17-4-6-18(24)7-5-17/h4-11H,12-16H2,1-3H3,(H,25,29). The highest BCUT2D eigenvalue weighted by Crippen LogP contribution is 2.23. The van der Waals surface area contributed by atoms with E-state index in [1.54, 1.807) is 24.3 Å². The van der Waals surface area contributed by atoms with E-state index in [1.807, 2.05) is 29.2 Å². The van der Waals surface area contributed by atoms with Crippen molar-refractivity contribution in [2.24, 2.45) is 5.41 Å². The molecule has 29 heavy (non-hydrogen) atoms. The van der Waals surface area contributed by atoms with Crippen LogP contribution in [0.1, 0.15) is 37.6 Å². The third-order valence-corrected chi connectivity index (χ3v) is 5.16. The maximum atomic E-state index is 12.4. The molecule has 0 spiro atoms. The number of hydrogen-bond donors (Lipinski definition) is 1. The molecule has 1 aliphatic heterocycles. The van der Waals surface area contributed by atoms with Crippen LogP contribution in [0.15, 0.2) is 48.5 Å². The van der Waals surface area contributed by atoms with Gasteiger partial charge in [-0.3, -0.25) is 9.59 Å². The second kappa shape index (κ2) is 8.87. The molecule has 0 bridgehead atoms. The van der Waals surface area contributed by atoms with E-state index in [-0.39, 0.29) is 17.2 Å². The summed E-state index contributed by atoms with van der Waals surface area (Å²) < 4.78 is 0. The molecule has 0 atom stereocenters. The zero-order valence-electron chi connectivity index (χ0n) is 17.2. The van der Waals surface area contributed by atoms with Crippen molar-refractivity contribution >= 4 is 34.8 Å². The number of nitrogens with zero attached hydrogens (tertiary/aromatic N) is 2. The van der Waals surface area contributed by atoms with Crippen LogP contribution in [-0.2, 0) is 4.79 Å². The fourth-order valence-corrected chi connectivity index (χ4v) is 3.47. The average molecular weight is 414 g/mol. The Labute approximate surface area is 177 Å². The van der Waals surface area contributed by atoms with E-state index in [2.05, 4.69) is 31.0 Å². The van der Waals surface area contributed by atoms with Crippen LogP contribution in [-0.4, -0.2) is 42.9 Å². The molecule has 0 aliphatic carbocycles. The predicted octanol–water partition coefficient (Wildman–Crippen LogP) is 4.68. The van der Waals surface area contributed by atoms with Gasteiger partial charge in [-0.1, -0.05) is 32.4 Å². The molecule has 1 N–H and O–H groups in total. The Morgan fingerprint density at radius 3 is 2.07 bits per heavy atom. The van der Waals surface area contributed by atoms with Gasteiger partial charge in [0.2, 0.25) is 5.91 Å². The molecule has 0 radical (unpaired) electrons. The maximum absolute atomic E-state index is 12.4. The maximum Gasteiger partial charge on any atom is 0.255 e. The van der Waals surface area contributed by atoms with E-state index in [4.69, 9.17) is 11.6 Å². The second-order valence-electron chi connectivity index (χ2n) is 8.61. The fourth-order valence-electron chi connectivity index (χ4n) is 3.34. The highest BCUT2D eigenvalue weighted by molar-refractivity contribution is 6.30. The number of carbonyl (C=O) groups is 2. The zero-order chi connectivity index (χ0) is 21.0. The molecule has 1 fully saturated rings. The molecule has 0 unspecified atom stereocenters. The van der Waals surface area contributed by atoms with Gasteiger partial charge in [-0.2, -0.15) is 0 Å². The summed E-state index contributed by atoms with van der Waals surface area (Å²) in [5, 5.41) is 3.50. The lowest BCUT2D eigenvalue weighted by Gasteiger charge is -2.37. The third kappa shape index (κ3) is 5.97. The van der Waals surface area contributed by atoms with E-state index >= 15 is 0 Å². The quantitative estimate of drug-likeness (QED) is 0.791. The zero-order valence-corrected chi connectivity index (χ0v) is 18.0. The van der Waals surface area contributed by atoms with Gasteiger partial charge in [0.25, 0.3) is 5.91 Å². The van der Waals surface area contributed by atoms with Gasteiger partial charge in [-0.05, 0) is 53.9 Å². The van der Waals surface area contributed by atoms with Gasteiger partial charge in [-0.15, -0.1) is 0 Å². The smallest absolute Gasteiger partial charge is 0.255 e. The summed E-state index contributed by atoms with van der Waals surface area (Å²) in [6.45, 7) is 9.38. The molecule has 2 aromatic carbocycles. The van der Waals surface area contributed by atoms with Gasteiger partial charge in [0.1, 0.15) is 0 Å². The monoisotopic (exact) mass is 413 g/mol. The predicted molar refractivity (Wildman–Crippen MR) is 119 cm³/mol. The fraction of sp³-hybridized carbons (Fsp3) is 0.391. The lowest BCUT2D eigenvalue weighted by Crippen LogP contribution is -2.49. The Hall–Kier alpha value is -2.53. The first-order valence-corrected chi connectivity index (χ1v) is 10.3. The molecule has 0 saturated carbocycles. The lowest BCUT2D eigenvalue weighted by molar-refractivity contribution is -0.133. The number of halogens is 1. The Morgan fingerprint density at radius 2 is 1.52 bits per heavy atom. The Kier molecular flexibility index (Phi) is 6.48. The second-order valence-corrected chi connectivity index (χ2v) is 9.05. The van der Waals surface area contributed by atoms with E-state index in [0.717, 1.165) is 37.6 Å². The Bertz CT molecular complexity index is 849. The van der Waals surface area contributed by atoms with Crippen molar-refractivity contribution in [1.29, 1.82) is 0 Å². The van der Waals surface area contributed by atoms with Crippen molar-refractivity contribution in [2.45, 2.75) is 27.2 Å². The van der Waals surface area contributed by atoms with E-state index in [0.29, 0.717) is 17.0 Å². The molecule has 2 aromatic rings. The normalized spacial score (nSPS) is 14.6. The molecular weight excluding hydrogens is 386 g/mol. The minimum Gasteiger partial charge on any atom is -0.368 e. The molecule has 3 rings (SSSR count). The van der Waals surface area contributed by atoms with Gasteiger partial charge >= 0.3 is 0 Å². The van der Waals surface area contributed by atoms with Gasteiger partial charge < -0.3 is 15.1 Å². The summed E-state index contributed by atoms with van der Waals surface area (Å²) >= 11 is 5.86. The van der Waals surface area contributed by atoms with Gasteiger partial charge in [-0.25, -0.2) is 0 Å². The average Bonchev–Trinajstić information content (AvgIpc) is 2.68. The number of piperazine rings is 1. The van der Waals surface area contributed by atoms with Crippen molar-refractivity contribution in [1.82, 2.24) is 4.90 Å². The van der Waals surface area contributed by atoms with Crippen molar-refractivity contribution in [3.8, 4) is 0 Å². The summed E-state index contributed by atoms with van der Waals surface area (Å²) in [5.74, 6) is 0.0674. The number of nitrogens with one attached hydrogen (secondary N) is 1.